The first-order valence-electron chi connectivity index (χ1n) is 46.7. The van der Waals surface area contributed by atoms with Gasteiger partial charge in [-0.1, -0.05) is 52.1 Å². The Bertz CT molecular complexity index is 4330. The number of carbonyl (C=O) groups is 18. The molecular formula is C93H141N2NaO45S6. The number of aliphatic hydroxyl groups excluding tert-OH is 6. The number of nitrogens with zero attached hydrogens (tertiary/aromatic N) is 2. The van der Waals surface area contributed by atoms with Gasteiger partial charge in [0.05, 0.1) is 128 Å². The van der Waals surface area contributed by atoms with Crippen molar-refractivity contribution in [2.75, 3.05) is 97.2 Å². The molecular weight excluding hydrogens is 2080 g/mol. The second-order valence-electron chi connectivity index (χ2n) is 35.2. The molecule has 0 spiro atoms. The minimum absolute atomic E-state index is 0. The Labute approximate surface area is 902 Å². The van der Waals surface area contributed by atoms with Crippen LogP contribution in [-0.4, -0.2) is 336 Å². The number of carbonyl (C=O) groups excluding carboxylic acids is 14. The van der Waals surface area contributed by atoms with E-state index in [1.54, 1.807) is 13.8 Å². The van der Waals surface area contributed by atoms with E-state index in [2.05, 4.69) is 0 Å². The molecule has 0 bridgehead atoms. The number of thioether (sulfide) groups is 4. The molecule has 26 unspecified atom stereocenters. The predicted octanol–water partition coefficient (Wildman–Crippen LogP) is 1.95. The number of thiocarbonyl (C=S) groups is 2. The van der Waals surface area contributed by atoms with Gasteiger partial charge in [0.25, 0.3) is 0 Å². The molecule has 2 fully saturated rings. The summed E-state index contributed by atoms with van der Waals surface area (Å²) in [5.74, 6) is -33.7. The van der Waals surface area contributed by atoms with Crippen LogP contribution in [0.4, 0.5) is 0 Å². The van der Waals surface area contributed by atoms with Crippen LogP contribution in [0.2, 0.25) is 0 Å². The van der Waals surface area contributed by atoms with Crippen molar-refractivity contribution >= 4 is 186 Å². The predicted molar refractivity (Wildman–Crippen MR) is 520 cm³/mol. The van der Waals surface area contributed by atoms with Crippen molar-refractivity contribution in [3.63, 3.8) is 0 Å². The maximum absolute atomic E-state index is 14.6. The number of aliphatic carboxylic acids is 4. The van der Waals surface area contributed by atoms with E-state index in [0.29, 0.717) is 18.6 Å². The molecule has 0 aromatic rings. The number of ether oxygens (including phenoxy) is 16. The Hall–Kier alpha value is -8.34. The maximum Gasteiger partial charge on any atom is 1.00 e. The summed E-state index contributed by atoms with van der Waals surface area (Å²) < 4.78 is 86.8. The first-order chi connectivity index (χ1) is 68.4. The Balaban J connectivity index is 0. The van der Waals surface area contributed by atoms with Gasteiger partial charge in [-0.05, 0) is 136 Å². The standard InChI is InChI=1S/C49H73NO22S3.C43H65NO22S3.CH3O.Na/c1-11-16-74-48(73)75-24-36(42(59)64-10)19-34(43(60)65-15-13-40(57)58)17-33(44(61)66-21-26(2)51)18-35(45(62)67-22-27(3)69-30(6)52)20-37(49(9,25-50)14-12-39(55)56)46(63)68-23-38-28(4)29(5)41(70-31(7)53)47(72-38)71-32(8)54;1-7-12-68-42(67)69-20-28(36(54)60-6)15-26(37(55)61-11-9-32(49)50)13-25(38(56)62-17-22(2)45)14-27(39(57)63-18-23(3)65-24(4)46)16-29(43(5,21-44)10-8-31(47)48)40(58)64-19-30-33(51)34(52)35(53)41(59)66-30;1-2;/h26-29,33-38,41,47,51H,11-24H2,1-10H3,(H,55,56)(H,57,58);22-23,25-30,33-35,41,45,51-53,59H,7-20H2,1-6H3,(H,47,48)(H,49,50);1H3;/q;;-1;+1. The van der Waals surface area contributed by atoms with Crippen LogP contribution < -0.4 is 34.7 Å². The van der Waals surface area contributed by atoms with E-state index < -0.39 is 393 Å². The summed E-state index contributed by atoms with van der Waals surface area (Å²) in [5, 5.41) is 128. The Kier molecular flexibility index (Phi) is 71.4. The van der Waals surface area contributed by atoms with Gasteiger partial charge < -0.3 is 132 Å². The molecule has 2 heterocycles. The molecule has 0 saturated carbocycles. The molecule has 2 aliphatic heterocycles. The third-order valence-electron chi connectivity index (χ3n) is 22.8. The quantitative estimate of drug-likeness (QED) is 0.0180. The van der Waals surface area contributed by atoms with E-state index in [-0.39, 0.29) is 53.9 Å². The summed E-state index contributed by atoms with van der Waals surface area (Å²) in [4.78, 5) is 234. The number of esters is 14. The smallest absolute Gasteiger partial charge is 0.857 e. The molecule has 2 aliphatic rings. The fourth-order valence-electron chi connectivity index (χ4n) is 14.8. The van der Waals surface area contributed by atoms with E-state index in [1.165, 1.54) is 65.1 Å². The molecule has 54 heteroatoms. The summed E-state index contributed by atoms with van der Waals surface area (Å²) in [6.45, 7) is 14.5. The van der Waals surface area contributed by atoms with Gasteiger partial charge in [0, 0.05) is 58.0 Å². The topological polar surface area (TPSA) is 728 Å². The van der Waals surface area contributed by atoms with Crippen molar-refractivity contribution in [1.29, 1.82) is 10.5 Å². The van der Waals surface area contributed by atoms with E-state index in [1.807, 2.05) is 26.0 Å². The summed E-state index contributed by atoms with van der Waals surface area (Å²) in [7, 11) is 2.98. The summed E-state index contributed by atoms with van der Waals surface area (Å²) in [6.07, 6.45) is -24.3. The molecule has 47 nitrogen and oxygen atoms in total. The number of carboxylic acids is 4. The monoisotopic (exact) mass is 2220 g/mol. The molecule has 0 aromatic heterocycles. The fourth-order valence-corrected chi connectivity index (χ4v) is 19.3. The van der Waals surface area contributed by atoms with Crippen LogP contribution in [0.25, 0.3) is 0 Å². The second kappa shape index (κ2) is 74.6. The van der Waals surface area contributed by atoms with Crippen LogP contribution in [-0.2, 0) is 162 Å². The Morgan fingerprint density at radius 3 is 1.03 bits per heavy atom. The van der Waals surface area contributed by atoms with Crippen LogP contribution in [0.1, 0.15) is 200 Å². The van der Waals surface area contributed by atoms with Crippen LogP contribution in [0.15, 0.2) is 0 Å². The van der Waals surface area contributed by atoms with E-state index in [0.717, 1.165) is 85.4 Å². The minimum Gasteiger partial charge on any atom is -0.857 e. The Morgan fingerprint density at radius 2 is 0.728 bits per heavy atom. The summed E-state index contributed by atoms with van der Waals surface area (Å²) in [5.41, 5.74) is -3.94. The third kappa shape index (κ3) is 55.5. The zero-order valence-corrected chi connectivity index (χ0v) is 92.7. The molecule has 830 valence electrons. The summed E-state index contributed by atoms with van der Waals surface area (Å²) >= 11 is 15.9. The van der Waals surface area contributed by atoms with Gasteiger partial charge in [0.2, 0.25) is 6.29 Å². The van der Waals surface area contributed by atoms with Crippen molar-refractivity contribution < 1.29 is 248 Å². The fraction of sp³-hybridized carbons (Fsp3) is 0.763. The number of hydrogen-bond acceptors (Lipinski definition) is 49. The molecule has 2 saturated heterocycles. The molecule has 0 amide bonds. The Morgan fingerprint density at radius 1 is 0.408 bits per heavy atom. The number of hydrogen-bond donors (Lipinski definition) is 10. The molecule has 10 N–H and O–H groups in total. The molecule has 26 atom stereocenters. The zero-order valence-electron chi connectivity index (χ0n) is 85.8. The molecule has 0 aromatic carbocycles. The molecule has 147 heavy (non-hydrogen) atoms. The van der Waals surface area contributed by atoms with Crippen molar-refractivity contribution in [1.82, 2.24) is 0 Å². The van der Waals surface area contributed by atoms with Crippen molar-refractivity contribution in [3.8, 4) is 12.1 Å². The second-order valence-corrected chi connectivity index (χ2v) is 41.8. The van der Waals surface area contributed by atoms with Crippen LogP contribution in [0.5, 0.6) is 0 Å². The average molecular weight is 2220 g/mol. The van der Waals surface area contributed by atoms with Gasteiger partial charge in [0.15, 0.2) is 12.4 Å². The molecule has 0 aliphatic carbocycles. The van der Waals surface area contributed by atoms with Crippen LogP contribution >= 0.6 is 71.5 Å². The van der Waals surface area contributed by atoms with Crippen molar-refractivity contribution in [3.05, 3.63) is 0 Å². The summed E-state index contributed by atoms with van der Waals surface area (Å²) in [6, 6.07) is 3.90. The van der Waals surface area contributed by atoms with E-state index in [9.17, 15) is 148 Å². The van der Waals surface area contributed by atoms with Crippen LogP contribution in [0, 0.1) is 105 Å². The molecule has 2 rings (SSSR count). The number of rotatable bonds is 64. The van der Waals surface area contributed by atoms with Crippen molar-refractivity contribution in [2.24, 2.45) is 81.8 Å². The molecule has 0 radical (unpaired) electrons. The third-order valence-corrected chi connectivity index (χ3v) is 28.9. The van der Waals surface area contributed by atoms with Gasteiger partial charge in [-0.25, -0.2) is 0 Å². The number of aliphatic hydroxyl groups is 6. The SMILES string of the molecule is CCCSC(=S)SCC(CC(CC(CC(CC(C(=O)OCC1OC(O)C(O)C(O)C1O)C(C)(C#N)CCC(=O)O)C(=O)OCC(C)OC(C)=O)C(=O)OCC(C)O)C(=O)OCCC(=O)O)C(=O)OC.CCCSC(=S)SCC(CC(CC(CC(CC(C(=O)OCC1OC(OC(C)=O)C(OC(C)=O)C(C)C1C)C(C)(C#N)CCC(=O)O)C(=O)OCC(C)OC(C)=O)C(=O)OCC(C)O)C(=O)OCCC(=O)O)C(=O)OC.C[O-].[Na+]. The number of carboxylic acid groups (broad SMARTS) is 4. The van der Waals surface area contributed by atoms with E-state index >= 15 is 0 Å². The average Bonchev–Trinajstić information content (AvgIpc) is 0.795. The maximum atomic E-state index is 14.6. The number of methoxy groups -OCH3 is 2. The zero-order chi connectivity index (χ0) is 112. The van der Waals surface area contributed by atoms with Gasteiger partial charge >= 0.3 is 137 Å². The van der Waals surface area contributed by atoms with Gasteiger partial charge in [-0.2, -0.15) is 17.6 Å². The minimum atomic E-state index is -2.04. The van der Waals surface area contributed by atoms with E-state index in [4.69, 9.17) is 105 Å². The van der Waals surface area contributed by atoms with Crippen LogP contribution in [0.3, 0.4) is 0 Å². The first-order valence-corrected chi connectivity index (χ1v) is 51.4. The van der Waals surface area contributed by atoms with Gasteiger partial charge in [-0.15, -0.1) is 47.0 Å². The normalized spacial score (nSPS) is 20.8. The largest absolute Gasteiger partial charge is 1.00 e. The van der Waals surface area contributed by atoms with Gasteiger partial charge in [-0.3, -0.25) is 86.3 Å². The van der Waals surface area contributed by atoms with Gasteiger partial charge in [0.1, 0.15) is 96.5 Å². The first kappa shape index (κ1) is 141. The number of nitriles is 2. The van der Waals surface area contributed by atoms with Crippen molar-refractivity contribution in [2.45, 2.75) is 273 Å².